The lowest BCUT2D eigenvalue weighted by molar-refractivity contribution is 0.583. The van der Waals surface area contributed by atoms with E-state index in [4.69, 9.17) is 0 Å². The smallest absolute Gasteiger partial charge is 0.191 e. The number of rotatable bonds is 9. The van der Waals surface area contributed by atoms with Crippen molar-refractivity contribution in [3.63, 3.8) is 0 Å². The molecule has 0 aromatic heterocycles. The van der Waals surface area contributed by atoms with Crippen LogP contribution in [-0.4, -0.2) is 51.2 Å². The van der Waals surface area contributed by atoms with Gasteiger partial charge in [0.25, 0.3) is 0 Å². The van der Waals surface area contributed by atoms with Gasteiger partial charge in [-0.15, -0.1) is 48.0 Å². The second kappa shape index (κ2) is 18.4. The maximum Gasteiger partial charge on any atom is 0.191 e. The monoisotopic (exact) mass is 592 g/mol. The molecule has 2 aliphatic rings. The van der Waals surface area contributed by atoms with E-state index in [0.717, 1.165) is 51.2 Å². The average Bonchev–Trinajstić information content (AvgIpc) is 3.01. The van der Waals surface area contributed by atoms with Crippen molar-refractivity contribution < 1.29 is 0 Å². The molecule has 2 rings (SSSR count). The summed E-state index contributed by atoms with van der Waals surface area (Å²) in [6.45, 7) is 6.12. The van der Waals surface area contributed by atoms with Crippen molar-refractivity contribution in [2.45, 2.75) is 64.2 Å². The number of hydrogen-bond acceptors (Lipinski definition) is 6. The van der Waals surface area contributed by atoms with Gasteiger partial charge in [0.05, 0.1) is 0 Å². The zero-order valence-electron chi connectivity index (χ0n) is 16.0. The van der Waals surface area contributed by atoms with Crippen LogP contribution in [0.5, 0.6) is 0 Å². The summed E-state index contributed by atoms with van der Waals surface area (Å²) in [6.07, 6.45) is 12.6. The van der Waals surface area contributed by atoms with Crippen molar-refractivity contribution in [3.8, 4) is 0 Å². The Balaban J connectivity index is 0.00000312. The molecule has 0 aromatic rings. The molecule has 2 aliphatic heterocycles. The largest absolute Gasteiger partial charge is 0.356 e. The fraction of sp³-hybridized carbons (Fsp3) is 0.889. The number of nitrogens with one attached hydrogen (secondary N) is 4. The zero-order valence-corrected chi connectivity index (χ0v) is 20.7. The lowest BCUT2D eigenvalue weighted by Crippen LogP contribution is -2.37. The third kappa shape index (κ3) is 13.2. The minimum atomic E-state index is 0. The van der Waals surface area contributed by atoms with E-state index in [1.54, 1.807) is 0 Å². The Bertz CT molecular complexity index is 354. The second-order valence-electron chi connectivity index (χ2n) is 6.70. The quantitative estimate of drug-likeness (QED) is 0.245. The SMILES string of the molecule is C(CCCCNC1=NCCCCN1)CCCNC1=NCCCCN1.I.I. The first-order valence-electron chi connectivity index (χ1n) is 9.99. The Morgan fingerprint density at radius 1 is 0.615 bits per heavy atom. The molecule has 0 unspecified atom stereocenters. The number of guanidine groups is 2. The van der Waals surface area contributed by atoms with Crippen molar-refractivity contribution in [2.75, 3.05) is 39.3 Å². The molecule has 0 amide bonds. The van der Waals surface area contributed by atoms with Crippen LogP contribution in [0.25, 0.3) is 0 Å². The van der Waals surface area contributed by atoms with E-state index in [1.165, 1.54) is 64.2 Å². The molecule has 0 bridgehead atoms. The van der Waals surface area contributed by atoms with E-state index < -0.39 is 0 Å². The normalized spacial score (nSPS) is 16.9. The Kier molecular flexibility index (Phi) is 18.4. The first kappa shape index (κ1) is 26.0. The molecule has 0 saturated carbocycles. The molecular weight excluding hydrogens is 554 g/mol. The summed E-state index contributed by atoms with van der Waals surface area (Å²) >= 11 is 0. The van der Waals surface area contributed by atoms with Gasteiger partial charge in [0.1, 0.15) is 0 Å². The molecule has 154 valence electrons. The molecule has 0 spiro atoms. The molecule has 0 saturated heterocycles. The van der Waals surface area contributed by atoms with Crippen LogP contribution in [-0.2, 0) is 0 Å². The molecule has 26 heavy (non-hydrogen) atoms. The number of halogens is 2. The van der Waals surface area contributed by atoms with Gasteiger partial charge in [-0.05, 0) is 38.5 Å². The molecule has 2 heterocycles. The van der Waals surface area contributed by atoms with Gasteiger partial charge in [-0.1, -0.05) is 25.7 Å². The number of aliphatic imine (C=N–C) groups is 2. The molecule has 0 radical (unpaired) electrons. The van der Waals surface area contributed by atoms with Gasteiger partial charge in [-0.2, -0.15) is 0 Å². The molecule has 4 N–H and O–H groups in total. The lowest BCUT2D eigenvalue weighted by atomic mass is 10.1. The molecule has 8 heteroatoms. The van der Waals surface area contributed by atoms with Crippen molar-refractivity contribution >= 4 is 59.9 Å². The Labute approximate surface area is 193 Å². The summed E-state index contributed by atoms with van der Waals surface area (Å²) in [7, 11) is 0. The summed E-state index contributed by atoms with van der Waals surface area (Å²) in [6, 6.07) is 0. The minimum absolute atomic E-state index is 0. The third-order valence-corrected chi connectivity index (χ3v) is 4.48. The number of nitrogens with zero attached hydrogens (tertiary/aromatic N) is 2. The Hall–Kier alpha value is 0. The molecule has 0 fully saturated rings. The third-order valence-electron chi connectivity index (χ3n) is 4.48. The first-order chi connectivity index (χ1) is 11.9. The summed E-state index contributed by atoms with van der Waals surface area (Å²) in [4.78, 5) is 9.02. The van der Waals surface area contributed by atoms with Crippen LogP contribution >= 0.6 is 48.0 Å². The Morgan fingerprint density at radius 3 is 1.50 bits per heavy atom. The number of hydrogen-bond donors (Lipinski definition) is 4. The summed E-state index contributed by atoms with van der Waals surface area (Å²) in [5, 5.41) is 13.6. The van der Waals surface area contributed by atoms with Crippen LogP contribution in [0.1, 0.15) is 64.2 Å². The highest BCUT2D eigenvalue weighted by atomic mass is 127. The van der Waals surface area contributed by atoms with E-state index in [0.29, 0.717) is 0 Å². The summed E-state index contributed by atoms with van der Waals surface area (Å²) in [5.41, 5.74) is 0. The van der Waals surface area contributed by atoms with E-state index in [9.17, 15) is 0 Å². The van der Waals surface area contributed by atoms with Crippen LogP contribution in [0.15, 0.2) is 9.98 Å². The van der Waals surface area contributed by atoms with Crippen molar-refractivity contribution in [1.29, 1.82) is 0 Å². The average molecular weight is 592 g/mol. The Morgan fingerprint density at radius 2 is 1.04 bits per heavy atom. The van der Waals surface area contributed by atoms with E-state index >= 15 is 0 Å². The standard InChI is InChI=1S/C18H36N6.2HI/c1(3-5-11-19-17-21-13-7-8-14-22-17)2-4-6-12-20-18-23-15-9-10-16-24-18;;/h1-16H2,(H2,19,21,22)(H2,20,23,24);2*1H. The van der Waals surface area contributed by atoms with Gasteiger partial charge in [0.2, 0.25) is 0 Å². The summed E-state index contributed by atoms with van der Waals surface area (Å²) in [5.74, 6) is 2.02. The molecule has 0 aromatic carbocycles. The molecule has 0 aliphatic carbocycles. The van der Waals surface area contributed by atoms with E-state index in [-0.39, 0.29) is 48.0 Å². The first-order valence-corrected chi connectivity index (χ1v) is 9.99. The minimum Gasteiger partial charge on any atom is -0.356 e. The van der Waals surface area contributed by atoms with Gasteiger partial charge >= 0.3 is 0 Å². The molecular formula is C18H38I2N6. The fourth-order valence-corrected chi connectivity index (χ4v) is 2.99. The highest BCUT2D eigenvalue weighted by molar-refractivity contribution is 14.0. The highest BCUT2D eigenvalue weighted by Crippen LogP contribution is 2.04. The predicted molar refractivity (Wildman–Crippen MR) is 134 cm³/mol. The van der Waals surface area contributed by atoms with Crippen LogP contribution in [0, 0.1) is 0 Å². The van der Waals surface area contributed by atoms with Crippen LogP contribution < -0.4 is 21.3 Å². The van der Waals surface area contributed by atoms with Gasteiger partial charge in [0, 0.05) is 39.3 Å². The van der Waals surface area contributed by atoms with Gasteiger partial charge in [0.15, 0.2) is 11.9 Å². The van der Waals surface area contributed by atoms with Crippen molar-refractivity contribution in [1.82, 2.24) is 21.3 Å². The van der Waals surface area contributed by atoms with Crippen molar-refractivity contribution in [3.05, 3.63) is 0 Å². The summed E-state index contributed by atoms with van der Waals surface area (Å²) < 4.78 is 0. The van der Waals surface area contributed by atoms with Crippen LogP contribution in [0.4, 0.5) is 0 Å². The second-order valence-corrected chi connectivity index (χ2v) is 6.70. The highest BCUT2D eigenvalue weighted by Gasteiger charge is 2.02. The van der Waals surface area contributed by atoms with Crippen molar-refractivity contribution in [2.24, 2.45) is 9.98 Å². The zero-order chi connectivity index (χ0) is 16.7. The predicted octanol–water partition coefficient (Wildman–Crippen LogP) is 3.22. The maximum atomic E-state index is 4.51. The van der Waals surface area contributed by atoms with Gasteiger partial charge in [-0.3, -0.25) is 9.98 Å². The van der Waals surface area contributed by atoms with Gasteiger partial charge < -0.3 is 21.3 Å². The van der Waals surface area contributed by atoms with Crippen LogP contribution in [0.3, 0.4) is 0 Å². The maximum absolute atomic E-state index is 4.51. The topological polar surface area (TPSA) is 72.8 Å². The van der Waals surface area contributed by atoms with E-state index in [2.05, 4.69) is 31.3 Å². The fourth-order valence-electron chi connectivity index (χ4n) is 2.99. The van der Waals surface area contributed by atoms with E-state index in [1.807, 2.05) is 0 Å². The molecule has 0 atom stereocenters. The lowest BCUT2D eigenvalue weighted by Gasteiger charge is -2.10. The number of unbranched alkanes of at least 4 members (excludes halogenated alkanes) is 5. The molecule has 6 nitrogen and oxygen atoms in total. The van der Waals surface area contributed by atoms with Gasteiger partial charge in [-0.25, -0.2) is 0 Å². The van der Waals surface area contributed by atoms with Crippen LogP contribution in [0.2, 0.25) is 0 Å².